The van der Waals surface area contributed by atoms with Crippen LogP contribution in [-0.2, 0) is 16.0 Å². The second-order valence-electron chi connectivity index (χ2n) is 4.08. The van der Waals surface area contributed by atoms with Gasteiger partial charge in [-0.2, -0.15) is 0 Å². The van der Waals surface area contributed by atoms with Crippen LogP contribution in [0.25, 0.3) is 11.1 Å². The maximum absolute atomic E-state index is 11.5. The van der Waals surface area contributed by atoms with Crippen molar-refractivity contribution < 1.29 is 13.9 Å². The highest BCUT2D eigenvalue weighted by Crippen LogP contribution is 2.21. The van der Waals surface area contributed by atoms with Gasteiger partial charge in [0.2, 0.25) is 0 Å². The van der Waals surface area contributed by atoms with Crippen LogP contribution in [-0.4, -0.2) is 17.6 Å². The van der Waals surface area contributed by atoms with Crippen LogP contribution >= 0.6 is 11.6 Å². The molecule has 0 radical (unpaired) electrons. The first-order valence-corrected chi connectivity index (χ1v) is 6.19. The first kappa shape index (κ1) is 12.9. The molecule has 0 amide bonds. The van der Waals surface area contributed by atoms with E-state index in [-0.39, 0.29) is 11.9 Å². The fourth-order valence-corrected chi connectivity index (χ4v) is 1.83. The van der Waals surface area contributed by atoms with E-state index in [1.54, 1.807) is 32.0 Å². The van der Waals surface area contributed by atoms with Crippen LogP contribution in [0.3, 0.4) is 0 Å². The highest BCUT2D eigenvalue weighted by Gasteiger charge is 2.18. The maximum Gasteiger partial charge on any atom is 0.309 e. The van der Waals surface area contributed by atoms with Crippen molar-refractivity contribution in [1.29, 1.82) is 0 Å². The van der Waals surface area contributed by atoms with Crippen molar-refractivity contribution >= 4 is 28.7 Å². The van der Waals surface area contributed by atoms with Gasteiger partial charge in [0.05, 0.1) is 12.5 Å². The average molecular weight is 268 g/mol. The molecule has 1 aromatic heterocycles. The zero-order valence-corrected chi connectivity index (χ0v) is 11.0. The second kappa shape index (κ2) is 5.40. The van der Waals surface area contributed by atoms with Crippen LogP contribution in [0.15, 0.2) is 22.6 Å². The Morgan fingerprint density at radius 3 is 3.06 bits per heavy atom. The largest absolute Gasteiger partial charge is 0.466 e. The van der Waals surface area contributed by atoms with Crippen molar-refractivity contribution in [3.8, 4) is 0 Å². The van der Waals surface area contributed by atoms with E-state index < -0.39 is 0 Å². The summed E-state index contributed by atoms with van der Waals surface area (Å²) >= 11 is 5.87. The number of ether oxygens (including phenoxy) is 1. The van der Waals surface area contributed by atoms with Crippen molar-refractivity contribution in [1.82, 2.24) is 4.98 Å². The molecule has 0 aliphatic rings. The normalized spacial score (nSPS) is 12.6. The Balaban J connectivity index is 2.14. The average Bonchev–Trinajstić information content (AvgIpc) is 2.70. The summed E-state index contributed by atoms with van der Waals surface area (Å²) in [5.74, 6) is 0.0130. The fourth-order valence-electron chi connectivity index (χ4n) is 1.67. The molecule has 5 heteroatoms. The lowest BCUT2D eigenvalue weighted by Crippen LogP contribution is -2.16. The number of esters is 1. The van der Waals surface area contributed by atoms with E-state index in [2.05, 4.69) is 4.98 Å². The molecule has 4 nitrogen and oxygen atoms in total. The highest BCUT2D eigenvalue weighted by molar-refractivity contribution is 6.31. The number of rotatable bonds is 4. The molecular weight excluding hydrogens is 254 g/mol. The number of hydrogen-bond acceptors (Lipinski definition) is 4. The molecule has 1 unspecified atom stereocenters. The first-order valence-electron chi connectivity index (χ1n) is 5.81. The van der Waals surface area contributed by atoms with E-state index in [1.165, 1.54) is 0 Å². The minimum absolute atomic E-state index is 0.238. The summed E-state index contributed by atoms with van der Waals surface area (Å²) < 4.78 is 10.5. The summed E-state index contributed by atoms with van der Waals surface area (Å²) in [7, 11) is 0. The number of nitrogens with zero attached hydrogens (tertiary/aromatic N) is 1. The standard InChI is InChI=1S/C13H14ClNO3/c1-3-17-13(16)8(2)6-12-15-10-7-9(14)4-5-11(10)18-12/h4-5,7-8H,3,6H2,1-2H3. The molecule has 1 atom stereocenters. The monoisotopic (exact) mass is 267 g/mol. The summed E-state index contributed by atoms with van der Waals surface area (Å²) in [4.78, 5) is 15.8. The summed E-state index contributed by atoms with van der Waals surface area (Å²) in [5, 5.41) is 0.612. The van der Waals surface area contributed by atoms with Gasteiger partial charge in [0.15, 0.2) is 11.5 Å². The number of carbonyl (C=O) groups excluding carboxylic acids is 1. The van der Waals surface area contributed by atoms with E-state index in [0.29, 0.717) is 35.0 Å². The van der Waals surface area contributed by atoms with Gasteiger partial charge in [-0.05, 0) is 25.1 Å². The number of halogens is 1. The van der Waals surface area contributed by atoms with Crippen molar-refractivity contribution in [2.45, 2.75) is 20.3 Å². The van der Waals surface area contributed by atoms with Gasteiger partial charge in [0, 0.05) is 11.4 Å². The lowest BCUT2D eigenvalue weighted by atomic mass is 10.1. The van der Waals surface area contributed by atoms with E-state index in [1.807, 2.05) is 0 Å². The zero-order chi connectivity index (χ0) is 13.1. The molecule has 0 aliphatic carbocycles. The number of aromatic nitrogens is 1. The third kappa shape index (κ3) is 2.82. The highest BCUT2D eigenvalue weighted by atomic mass is 35.5. The van der Waals surface area contributed by atoms with E-state index in [0.717, 1.165) is 0 Å². The summed E-state index contributed by atoms with van der Waals surface area (Å²) in [6.45, 7) is 3.96. The zero-order valence-electron chi connectivity index (χ0n) is 10.3. The van der Waals surface area contributed by atoms with Gasteiger partial charge >= 0.3 is 5.97 Å². The molecule has 0 aliphatic heterocycles. The molecule has 96 valence electrons. The number of oxazole rings is 1. The number of benzene rings is 1. The van der Waals surface area contributed by atoms with Gasteiger partial charge in [0.25, 0.3) is 0 Å². The Bertz CT molecular complexity index is 564. The van der Waals surface area contributed by atoms with Crippen LogP contribution in [0, 0.1) is 5.92 Å². The molecule has 0 N–H and O–H groups in total. The molecule has 1 aromatic carbocycles. The molecule has 2 aromatic rings. The predicted octanol–water partition coefficient (Wildman–Crippen LogP) is 3.22. The summed E-state index contributed by atoms with van der Waals surface area (Å²) in [6, 6.07) is 5.25. The van der Waals surface area contributed by atoms with Crippen molar-refractivity contribution in [2.75, 3.05) is 6.61 Å². The van der Waals surface area contributed by atoms with Crippen LogP contribution in [0.1, 0.15) is 19.7 Å². The van der Waals surface area contributed by atoms with E-state index in [9.17, 15) is 4.79 Å². The maximum atomic E-state index is 11.5. The van der Waals surface area contributed by atoms with Gasteiger partial charge in [-0.3, -0.25) is 4.79 Å². The Morgan fingerprint density at radius 1 is 1.56 bits per heavy atom. The topological polar surface area (TPSA) is 52.3 Å². The lowest BCUT2D eigenvalue weighted by molar-refractivity contribution is -0.147. The van der Waals surface area contributed by atoms with Crippen LogP contribution in [0.2, 0.25) is 5.02 Å². The fraction of sp³-hybridized carbons (Fsp3) is 0.385. The summed E-state index contributed by atoms with van der Waals surface area (Å²) in [5.41, 5.74) is 1.37. The van der Waals surface area contributed by atoms with Gasteiger partial charge < -0.3 is 9.15 Å². The van der Waals surface area contributed by atoms with Gasteiger partial charge in [-0.15, -0.1) is 0 Å². The molecule has 0 fully saturated rings. The molecule has 0 spiro atoms. The van der Waals surface area contributed by atoms with Crippen LogP contribution in [0.5, 0.6) is 0 Å². The van der Waals surface area contributed by atoms with E-state index >= 15 is 0 Å². The predicted molar refractivity (Wildman–Crippen MR) is 68.5 cm³/mol. The first-order chi connectivity index (χ1) is 8.60. The van der Waals surface area contributed by atoms with Gasteiger partial charge in [-0.25, -0.2) is 4.98 Å². The minimum atomic E-state index is -0.270. The smallest absolute Gasteiger partial charge is 0.309 e. The molecule has 0 bridgehead atoms. The molecule has 18 heavy (non-hydrogen) atoms. The van der Waals surface area contributed by atoms with Crippen molar-refractivity contribution in [2.24, 2.45) is 5.92 Å². The number of hydrogen-bond donors (Lipinski definition) is 0. The molecule has 1 heterocycles. The Hall–Kier alpha value is -1.55. The Labute approximate surface area is 110 Å². The molecular formula is C13H14ClNO3. The minimum Gasteiger partial charge on any atom is -0.466 e. The second-order valence-corrected chi connectivity index (χ2v) is 4.51. The van der Waals surface area contributed by atoms with Crippen LogP contribution < -0.4 is 0 Å². The SMILES string of the molecule is CCOC(=O)C(C)Cc1nc2cc(Cl)ccc2o1. The third-order valence-corrected chi connectivity index (χ3v) is 2.80. The van der Waals surface area contributed by atoms with Crippen molar-refractivity contribution in [3.05, 3.63) is 29.1 Å². The van der Waals surface area contributed by atoms with Gasteiger partial charge in [0.1, 0.15) is 5.52 Å². The third-order valence-electron chi connectivity index (χ3n) is 2.56. The molecule has 0 saturated heterocycles. The summed E-state index contributed by atoms with van der Waals surface area (Å²) in [6.07, 6.45) is 0.422. The van der Waals surface area contributed by atoms with Crippen LogP contribution in [0.4, 0.5) is 0 Å². The lowest BCUT2D eigenvalue weighted by Gasteiger charge is -2.07. The Morgan fingerprint density at radius 2 is 2.33 bits per heavy atom. The quantitative estimate of drug-likeness (QED) is 0.798. The molecule has 0 saturated carbocycles. The number of fused-ring (bicyclic) bond motifs is 1. The van der Waals surface area contributed by atoms with E-state index in [4.69, 9.17) is 20.8 Å². The molecule has 2 rings (SSSR count). The number of carbonyl (C=O) groups is 1. The van der Waals surface area contributed by atoms with Gasteiger partial charge in [-0.1, -0.05) is 18.5 Å². The van der Waals surface area contributed by atoms with Crippen molar-refractivity contribution in [3.63, 3.8) is 0 Å². The Kier molecular flexibility index (Phi) is 3.87.